The predicted molar refractivity (Wildman–Crippen MR) is 75.2 cm³/mol. The Morgan fingerprint density at radius 2 is 2.17 bits per heavy atom. The van der Waals surface area contributed by atoms with Crippen molar-refractivity contribution in [1.29, 1.82) is 0 Å². The van der Waals surface area contributed by atoms with Crippen LogP contribution in [0.5, 0.6) is 0 Å². The van der Waals surface area contributed by atoms with E-state index in [-0.39, 0.29) is 0 Å². The Morgan fingerprint density at radius 3 is 2.89 bits per heavy atom. The highest BCUT2D eigenvalue weighted by molar-refractivity contribution is 5.49. The van der Waals surface area contributed by atoms with Crippen LogP contribution in [0.25, 0.3) is 0 Å². The topological polar surface area (TPSA) is 44.3 Å². The van der Waals surface area contributed by atoms with Gasteiger partial charge in [0, 0.05) is 37.9 Å². The summed E-state index contributed by atoms with van der Waals surface area (Å²) in [5.74, 6) is 1.76. The average Bonchev–Trinajstić information content (AvgIpc) is 2.51. The summed E-state index contributed by atoms with van der Waals surface area (Å²) in [4.78, 5) is 13.7. The molecule has 0 aromatic carbocycles. The second-order valence-corrected chi connectivity index (χ2v) is 5.11. The van der Waals surface area contributed by atoms with Crippen LogP contribution >= 0.6 is 0 Å². The molecule has 2 heterocycles. The van der Waals surface area contributed by atoms with Crippen molar-refractivity contribution in [2.24, 2.45) is 0 Å². The molecule has 1 aliphatic heterocycles. The fraction of sp³-hybridized carbons (Fsp3) is 0.692. The predicted octanol–water partition coefficient (Wildman–Crippen LogP) is 1.36. The highest BCUT2D eigenvalue weighted by atomic mass is 15.3. The van der Waals surface area contributed by atoms with Crippen molar-refractivity contribution < 1.29 is 0 Å². The van der Waals surface area contributed by atoms with Crippen molar-refractivity contribution in [3.05, 3.63) is 11.8 Å². The van der Waals surface area contributed by atoms with Crippen LogP contribution in [0.4, 0.5) is 11.8 Å². The number of hydrogen-bond donors (Lipinski definition) is 1. The number of nitrogens with one attached hydrogen (secondary N) is 1. The van der Waals surface area contributed by atoms with E-state index in [0.29, 0.717) is 12.0 Å². The number of aryl methyl sites for hydroxylation is 1. The molecule has 1 aromatic heterocycles. The fourth-order valence-corrected chi connectivity index (χ4v) is 2.53. The molecule has 0 aliphatic carbocycles. The maximum absolute atomic E-state index is 4.62. The summed E-state index contributed by atoms with van der Waals surface area (Å²) in [5.41, 5.74) is 1.14. The zero-order valence-electron chi connectivity index (χ0n) is 11.8. The summed E-state index contributed by atoms with van der Waals surface area (Å²) < 4.78 is 0. The van der Waals surface area contributed by atoms with E-state index in [1.807, 2.05) is 13.2 Å². The van der Waals surface area contributed by atoms with E-state index in [0.717, 1.165) is 31.0 Å². The van der Waals surface area contributed by atoms with Crippen LogP contribution in [0.1, 0.15) is 18.9 Å². The lowest BCUT2D eigenvalue weighted by Crippen LogP contribution is -2.39. The lowest BCUT2D eigenvalue weighted by atomic mass is 10.2. The molecule has 1 unspecified atom stereocenters. The molecule has 1 saturated heterocycles. The molecule has 0 amide bonds. The zero-order valence-corrected chi connectivity index (χ0v) is 11.8. The lowest BCUT2D eigenvalue weighted by Gasteiger charge is -2.30. The van der Waals surface area contributed by atoms with Crippen molar-refractivity contribution in [2.45, 2.75) is 26.3 Å². The molecule has 2 rings (SSSR count). The van der Waals surface area contributed by atoms with Gasteiger partial charge >= 0.3 is 0 Å². The number of aromatic nitrogens is 2. The minimum Gasteiger partial charge on any atom is -0.357 e. The Bertz CT molecular complexity index is 406. The minimum atomic E-state index is 0.482. The molecular formula is C13H23N5. The van der Waals surface area contributed by atoms with Crippen molar-refractivity contribution in [3.8, 4) is 0 Å². The second-order valence-electron chi connectivity index (χ2n) is 5.11. The first-order chi connectivity index (χ1) is 8.61. The molecule has 1 N–H and O–H groups in total. The molecule has 1 atom stereocenters. The standard InChI is InChI=1S/C13H23N5/c1-10-8-15-13(14-3)16-12(10)18-7-5-6-17(4)9-11(18)2/h8,11H,5-7,9H2,1-4H3,(H,14,15,16). The first kappa shape index (κ1) is 13.1. The molecule has 5 heteroatoms. The highest BCUT2D eigenvalue weighted by Gasteiger charge is 2.22. The van der Waals surface area contributed by atoms with Gasteiger partial charge in [0.15, 0.2) is 0 Å². The van der Waals surface area contributed by atoms with E-state index in [4.69, 9.17) is 0 Å². The Hall–Kier alpha value is -1.36. The fourth-order valence-electron chi connectivity index (χ4n) is 2.53. The Balaban J connectivity index is 2.28. The smallest absolute Gasteiger partial charge is 0.224 e. The van der Waals surface area contributed by atoms with Crippen LogP contribution < -0.4 is 10.2 Å². The maximum atomic E-state index is 4.62. The molecule has 0 bridgehead atoms. The molecule has 1 aromatic rings. The third-order valence-corrected chi connectivity index (χ3v) is 3.49. The van der Waals surface area contributed by atoms with Crippen LogP contribution in [-0.2, 0) is 0 Å². The van der Waals surface area contributed by atoms with E-state index in [1.165, 1.54) is 6.42 Å². The third-order valence-electron chi connectivity index (χ3n) is 3.49. The van der Waals surface area contributed by atoms with Gasteiger partial charge in [0.2, 0.25) is 5.95 Å². The molecule has 0 radical (unpaired) electrons. The van der Waals surface area contributed by atoms with Gasteiger partial charge in [-0.15, -0.1) is 0 Å². The van der Waals surface area contributed by atoms with Crippen LogP contribution in [-0.4, -0.2) is 54.6 Å². The number of anilines is 2. The Kier molecular flexibility index (Phi) is 4.01. The minimum absolute atomic E-state index is 0.482. The van der Waals surface area contributed by atoms with Crippen molar-refractivity contribution >= 4 is 11.8 Å². The Morgan fingerprint density at radius 1 is 1.39 bits per heavy atom. The van der Waals surface area contributed by atoms with E-state index in [2.05, 4.69) is 46.0 Å². The van der Waals surface area contributed by atoms with Crippen molar-refractivity contribution in [2.75, 3.05) is 43.9 Å². The van der Waals surface area contributed by atoms with Gasteiger partial charge < -0.3 is 15.1 Å². The van der Waals surface area contributed by atoms with E-state index >= 15 is 0 Å². The molecule has 0 saturated carbocycles. The van der Waals surface area contributed by atoms with Gasteiger partial charge in [0.1, 0.15) is 5.82 Å². The monoisotopic (exact) mass is 249 g/mol. The molecule has 100 valence electrons. The largest absolute Gasteiger partial charge is 0.357 e. The Labute approximate surface area is 109 Å². The van der Waals surface area contributed by atoms with Gasteiger partial charge in [0.05, 0.1) is 0 Å². The van der Waals surface area contributed by atoms with Gasteiger partial charge in [-0.05, 0) is 33.9 Å². The van der Waals surface area contributed by atoms with Crippen LogP contribution in [0, 0.1) is 6.92 Å². The van der Waals surface area contributed by atoms with E-state index in [1.54, 1.807) is 0 Å². The first-order valence-corrected chi connectivity index (χ1v) is 6.58. The highest BCUT2D eigenvalue weighted by Crippen LogP contribution is 2.22. The third kappa shape index (κ3) is 2.72. The number of rotatable bonds is 2. The summed E-state index contributed by atoms with van der Waals surface area (Å²) in [5, 5.41) is 3.01. The lowest BCUT2D eigenvalue weighted by molar-refractivity contribution is 0.337. The molecule has 0 spiro atoms. The van der Waals surface area contributed by atoms with Gasteiger partial charge in [-0.25, -0.2) is 4.98 Å². The van der Waals surface area contributed by atoms with Crippen LogP contribution in [0.15, 0.2) is 6.20 Å². The summed E-state index contributed by atoms with van der Waals surface area (Å²) in [6.07, 6.45) is 3.08. The SMILES string of the molecule is CNc1ncc(C)c(N2CCCN(C)CC2C)n1. The molecule has 5 nitrogen and oxygen atoms in total. The van der Waals surface area contributed by atoms with Gasteiger partial charge in [0.25, 0.3) is 0 Å². The van der Waals surface area contributed by atoms with Crippen LogP contribution in [0.2, 0.25) is 0 Å². The van der Waals surface area contributed by atoms with Gasteiger partial charge in [-0.2, -0.15) is 4.98 Å². The quantitative estimate of drug-likeness (QED) is 0.857. The summed E-state index contributed by atoms with van der Waals surface area (Å²) in [6.45, 7) is 7.65. The number of nitrogens with zero attached hydrogens (tertiary/aromatic N) is 4. The molecule has 18 heavy (non-hydrogen) atoms. The van der Waals surface area contributed by atoms with Crippen molar-refractivity contribution in [3.63, 3.8) is 0 Å². The van der Waals surface area contributed by atoms with Gasteiger partial charge in [-0.1, -0.05) is 0 Å². The molecule has 1 fully saturated rings. The van der Waals surface area contributed by atoms with Gasteiger partial charge in [-0.3, -0.25) is 0 Å². The summed E-state index contributed by atoms with van der Waals surface area (Å²) in [6, 6.07) is 0.482. The summed E-state index contributed by atoms with van der Waals surface area (Å²) >= 11 is 0. The van der Waals surface area contributed by atoms with Crippen LogP contribution in [0.3, 0.4) is 0 Å². The normalized spacial score (nSPS) is 21.8. The zero-order chi connectivity index (χ0) is 13.1. The maximum Gasteiger partial charge on any atom is 0.224 e. The second kappa shape index (κ2) is 5.52. The van der Waals surface area contributed by atoms with Crippen molar-refractivity contribution in [1.82, 2.24) is 14.9 Å². The summed E-state index contributed by atoms with van der Waals surface area (Å²) in [7, 11) is 4.04. The van der Waals surface area contributed by atoms with E-state index in [9.17, 15) is 0 Å². The number of hydrogen-bond acceptors (Lipinski definition) is 5. The van der Waals surface area contributed by atoms with E-state index < -0.39 is 0 Å². The average molecular weight is 249 g/mol. The number of likely N-dealkylation sites (N-methyl/N-ethyl adjacent to an activating group) is 1. The molecular weight excluding hydrogens is 226 g/mol. The first-order valence-electron chi connectivity index (χ1n) is 6.58. The molecule has 1 aliphatic rings.